The van der Waals surface area contributed by atoms with Gasteiger partial charge >= 0.3 is 0 Å². The summed E-state index contributed by atoms with van der Waals surface area (Å²) in [5, 5.41) is 26.5. The van der Waals surface area contributed by atoms with Crippen LogP contribution in [0.4, 0.5) is 0 Å². The van der Waals surface area contributed by atoms with Gasteiger partial charge in [0.25, 0.3) is 0 Å². The number of carbonyl (C=O) groups is 2. The van der Waals surface area contributed by atoms with Crippen LogP contribution in [0, 0.1) is 5.92 Å². The van der Waals surface area contributed by atoms with Gasteiger partial charge in [0.05, 0.1) is 24.3 Å². The summed E-state index contributed by atoms with van der Waals surface area (Å²) < 4.78 is 1.75. The van der Waals surface area contributed by atoms with Crippen molar-refractivity contribution in [2.75, 3.05) is 0 Å². The van der Waals surface area contributed by atoms with Gasteiger partial charge in [-0.05, 0) is 36.1 Å². The van der Waals surface area contributed by atoms with Crippen molar-refractivity contribution in [1.29, 1.82) is 0 Å². The minimum Gasteiger partial charge on any atom is -0.548 e. The molecule has 152 valence electrons. The van der Waals surface area contributed by atoms with Crippen LogP contribution >= 0.6 is 23.2 Å². The molecule has 0 aliphatic carbocycles. The van der Waals surface area contributed by atoms with Gasteiger partial charge in [0, 0.05) is 40.9 Å². The zero-order valence-electron chi connectivity index (χ0n) is 15.5. The summed E-state index contributed by atoms with van der Waals surface area (Å²) in [5.74, 6) is -2.69. The SMILES string of the molecule is CC(C)C[C@@H](N[C@@H](Cc1cncn1Cc1cc(Cl)cc(Cl)c1)C(=O)[O-])C(=O)[O-]. The summed E-state index contributed by atoms with van der Waals surface area (Å²) in [7, 11) is 0. The average molecular weight is 426 g/mol. The lowest BCUT2D eigenvalue weighted by Gasteiger charge is -2.28. The number of imidazole rings is 1. The Morgan fingerprint density at radius 1 is 1.11 bits per heavy atom. The molecule has 0 unspecified atom stereocenters. The van der Waals surface area contributed by atoms with E-state index < -0.39 is 24.0 Å². The highest BCUT2D eigenvalue weighted by molar-refractivity contribution is 6.34. The molecule has 0 bridgehead atoms. The van der Waals surface area contributed by atoms with E-state index >= 15 is 0 Å². The van der Waals surface area contributed by atoms with Crippen LogP contribution in [0.1, 0.15) is 31.5 Å². The molecule has 0 radical (unpaired) electrons. The summed E-state index contributed by atoms with van der Waals surface area (Å²) in [4.78, 5) is 27.0. The highest BCUT2D eigenvalue weighted by Crippen LogP contribution is 2.20. The molecule has 2 atom stereocenters. The number of nitrogens with one attached hydrogen (secondary N) is 1. The van der Waals surface area contributed by atoms with Gasteiger partial charge < -0.3 is 29.7 Å². The van der Waals surface area contributed by atoms with E-state index in [1.807, 2.05) is 13.8 Å². The lowest BCUT2D eigenvalue weighted by molar-refractivity contribution is -0.312. The molecule has 28 heavy (non-hydrogen) atoms. The van der Waals surface area contributed by atoms with E-state index in [0.717, 1.165) is 5.56 Å². The van der Waals surface area contributed by atoms with Gasteiger partial charge in [-0.3, -0.25) is 0 Å². The van der Waals surface area contributed by atoms with E-state index in [0.29, 0.717) is 22.3 Å². The quantitative estimate of drug-likeness (QED) is 0.598. The first kappa shape index (κ1) is 22.2. The number of aromatic nitrogens is 2. The van der Waals surface area contributed by atoms with Crippen molar-refractivity contribution in [1.82, 2.24) is 14.9 Å². The molecule has 0 saturated heterocycles. The van der Waals surface area contributed by atoms with Crippen LogP contribution in [0.2, 0.25) is 10.0 Å². The van der Waals surface area contributed by atoms with Gasteiger partial charge in [0.2, 0.25) is 0 Å². The number of carboxylic acids is 2. The standard InChI is InChI=1S/C19H23Cl2N3O4/c1-11(2)3-16(18(25)26)23-17(19(27)28)7-15-8-22-10-24(15)9-12-4-13(20)6-14(21)5-12/h4-6,8,10-11,16-17,23H,3,7,9H2,1-2H3,(H,25,26)(H,27,28)/p-2/t16-,17+/m1/s1. The largest absolute Gasteiger partial charge is 0.548 e. The van der Waals surface area contributed by atoms with E-state index in [1.54, 1.807) is 29.1 Å². The van der Waals surface area contributed by atoms with Gasteiger partial charge in [-0.2, -0.15) is 0 Å². The maximum atomic E-state index is 11.6. The predicted octanol–water partition coefficient (Wildman–Crippen LogP) is 0.653. The van der Waals surface area contributed by atoms with Crippen LogP contribution < -0.4 is 15.5 Å². The Kier molecular flexibility index (Phi) is 7.86. The lowest BCUT2D eigenvalue weighted by Crippen LogP contribution is -2.56. The van der Waals surface area contributed by atoms with Crippen LogP contribution in [-0.4, -0.2) is 33.6 Å². The first-order valence-corrected chi connectivity index (χ1v) is 9.53. The zero-order valence-corrected chi connectivity index (χ0v) is 17.0. The molecule has 1 aromatic heterocycles. The van der Waals surface area contributed by atoms with E-state index in [4.69, 9.17) is 23.2 Å². The van der Waals surface area contributed by atoms with Gasteiger partial charge in [-0.25, -0.2) is 4.98 Å². The topological polar surface area (TPSA) is 110 Å². The highest BCUT2D eigenvalue weighted by Gasteiger charge is 2.20. The number of carbonyl (C=O) groups excluding carboxylic acids is 2. The van der Waals surface area contributed by atoms with Crippen LogP contribution in [-0.2, 0) is 22.6 Å². The maximum absolute atomic E-state index is 11.6. The molecule has 0 saturated carbocycles. The van der Waals surface area contributed by atoms with Crippen molar-refractivity contribution in [3.8, 4) is 0 Å². The summed E-state index contributed by atoms with van der Waals surface area (Å²) in [6.07, 6.45) is 3.33. The van der Waals surface area contributed by atoms with Crippen LogP contribution in [0.25, 0.3) is 0 Å². The molecular formula is C19H21Cl2N3O4-2. The van der Waals surface area contributed by atoms with Crippen molar-refractivity contribution in [2.45, 2.75) is 45.3 Å². The highest BCUT2D eigenvalue weighted by atomic mass is 35.5. The molecule has 0 aliphatic rings. The number of hydrogen-bond donors (Lipinski definition) is 1. The molecule has 2 aromatic rings. The van der Waals surface area contributed by atoms with Gasteiger partial charge in [0.15, 0.2) is 0 Å². The Balaban J connectivity index is 2.17. The molecule has 1 aromatic carbocycles. The first-order valence-electron chi connectivity index (χ1n) is 8.77. The Morgan fingerprint density at radius 3 is 2.25 bits per heavy atom. The monoisotopic (exact) mass is 425 g/mol. The lowest BCUT2D eigenvalue weighted by atomic mass is 10.0. The molecule has 0 fully saturated rings. The van der Waals surface area contributed by atoms with Gasteiger partial charge in [-0.1, -0.05) is 37.0 Å². The molecule has 1 heterocycles. The number of nitrogens with zero attached hydrogens (tertiary/aromatic N) is 2. The van der Waals surface area contributed by atoms with Crippen LogP contribution in [0.5, 0.6) is 0 Å². The average Bonchev–Trinajstić information content (AvgIpc) is 2.98. The second-order valence-corrected chi connectivity index (χ2v) is 7.91. The zero-order chi connectivity index (χ0) is 20.8. The molecule has 1 N–H and O–H groups in total. The molecular weight excluding hydrogens is 405 g/mol. The Labute approximate surface area is 173 Å². The maximum Gasteiger partial charge on any atom is 0.0951 e. The number of halogens is 2. The van der Waals surface area contributed by atoms with Crippen molar-refractivity contribution in [2.24, 2.45) is 5.92 Å². The summed E-state index contributed by atoms with van der Waals surface area (Å²) in [6, 6.07) is 2.82. The van der Waals surface area contributed by atoms with Crippen LogP contribution in [0.15, 0.2) is 30.7 Å². The van der Waals surface area contributed by atoms with Crippen LogP contribution in [0.3, 0.4) is 0 Å². The number of benzene rings is 1. The smallest absolute Gasteiger partial charge is 0.0951 e. The molecule has 2 rings (SSSR count). The fourth-order valence-corrected chi connectivity index (χ4v) is 3.50. The Morgan fingerprint density at radius 2 is 1.71 bits per heavy atom. The minimum absolute atomic E-state index is 0.00148. The van der Waals surface area contributed by atoms with Crippen molar-refractivity contribution in [3.05, 3.63) is 52.0 Å². The molecule has 9 heteroatoms. The molecule has 7 nitrogen and oxygen atoms in total. The fraction of sp³-hybridized carbons (Fsp3) is 0.421. The van der Waals surface area contributed by atoms with E-state index in [-0.39, 0.29) is 18.8 Å². The summed E-state index contributed by atoms with van der Waals surface area (Å²) in [6.45, 7) is 4.07. The number of rotatable bonds is 10. The van der Waals surface area contributed by atoms with E-state index in [2.05, 4.69) is 10.3 Å². The fourth-order valence-electron chi connectivity index (χ4n) is 2.93. The summed E-state index contributed by atoms with van der Waals surface area (Å²) in [5.41, 5.74) is 1.42. The third kappa shape index (κ3) is 6.51. The third-order valence-corrected chi connectivity index (χ3v) is 4.60. The molecule has 0 spiro atoms. The Bertz CT molecular complexity index is 818. The third-order valence-electron chi connectivity index (χ3n) is 4.17. The van der Waals surface area contributed by atoms with Gasteiger partial charge in [-0.15, -0.1) is 0 Å². The first-order chi connectivity index (χ1) is 13.2. The second-order valence-electron chi connectivity index (χ2n) is 7.03. The second kappa shape index (κ2) is 9.91. The van der Waals surface area contributed by atoms with E-state index in [9.17, 15) is 19.8 Å². The van der Waals surface area contributed by atoms with Gasteiger partial charge in [0.1, 0.15) is 0 Å². The predicted molar refractivity (Wildman–Crippen MR) is 102 cm³/mol. The van der Waals surface area contributed by atoms with Crippen molar-refractivity contribution < 1.29 is 19.8 Å². The summed E-state index contributed by atoms with van der Waals surface area (Å²) >= 11 is 12.0. The molecule has 0 amide bonds. The van der Waals surface area contributed by atoms with Crippen molar-refractivity contribution in [3.63, 3.8) is 0 Å². The molecule has 0 aliphatic heterocycles. The minimum atomic E-state index is -1.39. The normalized spacial score (nSPS) is 13.5. The van der Waals surface area contributed by atoms with Crippen molar-refractivity contribution >= 4 is 35.1 Å². The Hall–Kier alpha value is -2.09. The van der Waals surface area contributed by atoms with E-state index in [1.165, 1.54) is 6.20 Å². The number of hydrogen-bond acceptors (Lipinski definition) is 6. The number of carboxylic acid groups (broad SMARTS) is 2. The number of aliphatic carboxylic acids is 2.